The van der Waals surface area contributed by atoms with E-state index in [1.807, 2.05) is 18.2 Å². The number of benzene rings is 3. The Hall–Kier alpha value is -1.71. The summed E-state index contributed by atoms with van der Waals surface area (Å²) in [6, 6.07) is 31.7. The lowest BCUT2D eigenvalue weighted by atomic mass is 9.84. The molecule has 0 fully saturated rings. The van der Waals surface area contributed by atoms with Crippen molar-refractivity contribution in [1.82, 2.24) is 0 Å². The molecule has 0 bridgehead atoms. The second kappa shape index (κ2) is 10.6. The van der Waals surface area contributed by atoms with E-state index < -0.39 is 5.97 Å². The molecular weight excluding hydrogens is 466 g/mol. The maximum atomic E-state index is 10.9. The third-order valence-electron chi connectivity index (χ3n) is 4.58. The van der Waals surface area contributed by atoms with Crippen molar-refractivity contribution in [3.8, 4) is 0 Å². The lowest BCUT2D eigenvalue weighted by Crippen LogP contribution is -2.24. The fourth-order valence-corrected chi connectivity index (χ4v) is 5.23. The van der Waals surface area contributed by atoms with Crippen molar-refractivity contribution in [3.63, 3.8) is 0 Å². The second-order valence-corrected chi connectivity index (χ2v) is 7.88. The Kier molecular flexibility index (Phi) is 8.46. The van der Waals surface area contributed by atoms with Crippen LogP contribution in [0.5, 0.6) is 0 Å². The van der Waals surface area contributed by atoms with E-state index in [1.54, 1.807) is 0 Å². The molecule has 0 amide bonds. The SMILES string of the molecule is I.O=C(O)CCCPC(c1ccccc1)(c1ccccc1)c1ccccc1. The van der Waals surface area contributed by atoms with E-state index in [2.05, 4.69) is 72.8 Å². The van der Waals surface area contributed by atoms with Gasteiger partial charge in [0.25, 0.3) is 0 Å². The Balaban J connectivity index is 0.00000261. The third-order valence-corrected chi connectivity index (χ3v) is 6.58. The maximum Gasteiger partial charge on any atom is 0.303 e. The highest BCUT2D eigenvalue weighted by molar-refractivity contribution is 14.0. The van der Waals surface area contributed by atoms with Gasteiger partial charge in [-0.05, 0) is 29.3 Å². The van der Waals surface area contributed by atoms with Crippen LogP contribution in [-0.2, 0) is 9.95 Å². The number of carboxylic acids is 1. The van der Waals surface area contributed by atoms with E-state index in [1.165, 1.54) is 16.7 Å². The Morgan fingerprint density at radius 3 is 1.44 bits per heavy atom. The van der Waals surface area contributed by atoms with Crippen LogP contribution in [0.3, 0.4) is 0 Å². The van der Waals surface area contributed by atoms with E-state index in [0.717, 1.165) is 6.16 Å². The molecule has 0 radical (unpaired) electrons. The normalized spacial score (nSPS) is 11.3. The number of hydrogen-bond donors (Lipinski definition) is 1. The molecular formula is C23H24IO2P. The van der Waals surface area contributed by atoms with E-state index in [-0.39, 0.29) is 35.6 Å². The molecule has 0 aromatic heterocycles. The molecule has 4 heteroatoms. The van der Waals surface area contributed by atoms with Gasteiger partial charge in [-0.3, -0.25) is 4.79 Å². The van der Waals surface area contributed by atoms with Crippen molar-refractivity contribution in [2.24, 2.45) is 0 Å². The van der Waals surface area contributed by atoms with Gasteiger partial charge in [0.1, 0.15) is 0 Å². The summed E-state index contributed by atoms with van der Waals surface area (Å²) in [5, 5.41) is 8.75. The largest absolute Gasteiger partial charge is 0.481 e. The van der Waals surface area contributed by atoms with Gasteiger partial charge in [0.15, 0.2) is 0 Å². The van der Waals surface area contributed by atoms with Crippen LogP contribution >= 0.6 is 32.6 Å². The van der Waals surface area contributed by atoms with Crippen LogP contribution in [0, 0.1) is 0 Å². The molecule has 1 unspecified atom stereocenters. The molecule has 3 rings (SSSR count). The molecule has 3 aromatic rings. The topological polar surface area (TPSA) is 37.3 Å². The van der Waals surface area contributed by atoms with Crippen LogP contribution in [0.2, 0.25) is 0 Å². The highest BCUT2D eigenvalue weighted by atomic mass is 127. The molecule has 2 nitrogen and oxygen atoms in total. The van der Waals surface area contributed by atoms with Crippen LogP contribution in [0.4, 0.5) is 0 Å². The van der Waals surface area contributed by atoms with Crippen molar-refractivity contribution < 1.29 is 9.90 Å². The van der Waals surface area contributed by atoms with Crippen molar-refractivity contribution in [1.29, 1.82) is 0 Å². The molecule has 1 atom stereocenters. The van der Waals surface area contributed by atoms with Crippen LogP contribution < -0.4 is 0 Å². The summed E-state index contributed by atoms with van der Waals surface area (Å²) in [4.78, 5) is 10.9. The number of carbonyl (C=O) groups is 1. The second-order valence-electron chi connectivity index (χ2n) is 6.27. The van der Waals surface area contributed by atoms with Crippen LogP contribution in [0.1, 0.15) is 29.5 Å². The van der Waals surface area contributed by atoms with E-state index in [9.17, 15) is 4.79 Å². The molecule has 140 valence electrons. The number of carboxylic acid groups (broad SMARTS) is 1. The van der Waals surface area contributed by atoms with Gasteiger partial charge in [0.2, 0.25) is 0 Å². The summed E-state index contributed by atoms with van der Waals surface area (Å²) in [6.45, 7) is 0. The number of aliphatic carboxylic acids is 1. The lowest BCUT2D eigenvalue weighted by molar-refractivity contribution is -0.137. The summed E-state index contributed by atoms with van der Waals surface area (Å²) in [6.07, 6.45) is 1.80. The minimum absolute atomic E-state index is 0. The molecule has 3 aromatic carbocycles. The van der Waals surface area contributed by atoms with E-state index in [4.69, 9.17) is 5.11 Å². The number of halogens is 1. The number of rotatable bonds is 8. The molecule has 0 saturated carbocycles. The molecule has 0 aliphatic rings. The number of hydrogen-bond acceptors (Lipinski definition) is 1. The summed E-state index contributed by atoms with van der Waals surface area (Å²) >= 11 is 0. The van der Waals surface area contributed by atoms with Gasteiger partial charge in [-0.15, -0.1) is 32.6 Å². The zero-order chi connectivity index (χ0) is 18.2. The first-order valence-corrected chi connectivity index (χ1v) is 10.1. The molecule has 1 N–H and O–H groups in total. The van der Waals surface area contributed by atoms with Gasteiger partial charge < -0.3 is 5.11 Å². The Labute approximate surface area is 179 Å². The van der Waals surface area contributed by atoms with Gasteiger partial charge in [-0.25, -0.2) is 0 Å². The fraction of sp³-hybridized carbons (Fsp3) is 0.174. The van der Waals surface area contributed by atoms with E-state index >= 15 is 0 Å². The first-order chi connectivity index (χ1) is 12.7. The average Bonchev–Trinajstić information content (AvgIpc) is 2.70. The van der Waals surface area contributed by atoms with E-state index in [0.29, 0.717) is 15.0 Å². The van der Waals surface area contributed by atoms with Crippen LogP contribution in [0.25, 0.3) is 0 Å². The van der Waals surface area contributed by atoms with Crippen molar-refractivity contribution >= 4 is 38.5 Å². The van der Waals surface area contributed by atoms with Crippen molar-refractivity contribution in [3.05, 3.63) is 108 Å². The zero-order valence-electron chi connectivity index (χ0n) is 15.0. The first kappa shape index (κ1) is 21.6. The van der Waals surface area contributed by atoms with Gasteiger partial charge in [0.05, 0.1) is 5.16 Å². The Morgan fingerprint density at radius 2 is 1.11 bits per heavy atom. The summed E-state index contributed by atoms with van der Waals surface area (Å²) < 4.78 is 0. The van der Waals surface area contributed by atoms with Crippen molar-refractivity contribution in [2.75, 3.05) is 6.16 Å². The Morgan fingerprint density at radius 1 is 0.741 bits per heavy atom. The van der Waals surface area contributed by atoms with Gasteiger partial charge >= 0.3 is 5.97 Å². The first-order valence-electron chi connectivity index (χ1n) is 8.87. The van der Waals surface area contributed by atoms with Crippen LogP contribution in [0.15, 0.2) is 91.0 Å². The summed E-state index contributed by atoms with van der Waals surface area (Å²) in [7, 11) is 0.562. The van der Waals surface area contributed by atoms with Gasteiger partial charge in [0, 0.05) is 6.42 Å². The summed E-state index contributed by atoms with van der Waals surface area (Å²) in [5.74, 6) is -0.723. The van der Waals surface area contributed by atoms with Crippen molar-refractivity contribution in [2.45, 2.75) is 18.0 Å². The molecule has 0 aliphatic heterocycles. The molecule has 0 aliphatic carbocycles. The lowest BCUT2D eigenvalue weighted by Gasteiger charge is -2.36. The monoisotopic (exact) mass is 490 g/mol. The highest BCUT2D eigenvalue weighted by Gasteiger charge is 2.35. The summed E-state index contributed by atoms with van der Waals surface area (Å²) in [5.41, 5.74) is 3.77. The molecule has 27 heavy (non-hydrogen) atoms. The smallest absolute Gasteiger partial charge is 0.303 e. The molecule has 0 saturated heterocycles. The van der Waals surface area contributed by atoms with Gasteiger partial charge in [-0.2, -0.15) is 0 Å². The van der Waals surface area contributed by atoms with Crippen LogP contribution in [-0.4, -0.2) is 17.2 Å². The Bertz CT molecular complexity index is 726. The zero-order valence-corrected chi connectivity index (χ0v) is 18.4. The predicted molar refractivity (Wildman–Crippen MR) is 125 cm³/mol. The standard InChI is InChI=1S/C23H23O2P.HI/c24-22(25)17-10-18-26-23(19-11-4-1-5-12-19,20-13-6-2-7-14-20)21-15-8-3-9-16-21;/h1-9,11-16,26H,10,17-18H2,(H,24,25);1H. The highest BCUT2D eigenvalue weighted by Crippen LogP contribution is 2.52. The molecule has 0 spiro atoms. The average molecular weight is 490 g/mol. The fourth-order valence-electron chi connectivity index (χ4n) is 3.39. The quantitative estimate of drug-likeness (QED) is 0.178. The maximum absolute atomic E-state index is 10.9. The minimum atomic E-state index is -0.723. The molecule has 0 heterocycles. The predicted octanol–water partition coefficient (Wildman–Crippen LogP) is 6.14. The third kappa shape index (κ3) is 5.18. The van der Waals surface area contributed by atoms with Gasteiger partial charge in [-0.1, -0.05) is 91.0 Å². The minimum Gasteiger partial charge on any atom is -0.481 e.